The van der Waals surface area contributed by atoms with Crippen LogP contribution in [0.15, 0.2) is 4.42 Å². The SMILES string of the molecule is O=C(CN1CCCCCC1CO)Nc1nnc(C2CC2)o1. The van der Waals surface area contributed by atoms with E-state index in [2.05, 4.69) is 15.5 Å². The maximum absolute atomic E-state index is 12.1. The molecule has 1 unspecified atom stereocenters. The predicted octanol–water partition coefficient (Wildman–Crippen LogP) is 1.12. The van der Waals surface area contributed by atoms with Gasteiger partial charge in [-0.05, 0) is 32.2 Å². The van der Waals surface area contributed by atoms with Gasteiger partial charge in [-0.1, -0.05) is 17.9 Å². The molecule has 2 fully saturated rings. The van der Waals surface area contributed by atoms with Gasteiger partial charge in [0.05, 0.1) is 13.2 Å². The number of nitrogens with one attached hydrogen (secondary N) is 1. The molecule has 1 saturated heterocycles. The Morgan fingerprint density at radius 1 is 1.29 bits per heavy atom. The van der Waals surface area contributed by atoms with Crippen molar-refractivity contribution in [2.24, 2.45) is 0 Å². The van der Waals surface area contributed by atoms with Gasteiger partial charge in [-0.15, -0.1) is 5.10 Å². The van der Waals surface area contributed by atoms with Gasteiger partial charge in [-0.3, -0.25) is 15.0 Å². The predicted molar refractivity (Wildman–Crippen MR) is 75.8 cm³/mol. The summed E-state index contributed by atoms with van der Waals surface area (Å²) in [7, 11) is 0. The molecule has 1 aromatic heterocycles. The molecule has 0 aromatic carbocycles. The second-order valence-electron chi connectivity index (χ2n) is 5.92. The molecule has 1 atom stereocenters. The number of aromatic nitrogens is 2. The molecule has 7 heteroatoms. The second kappa shape index (κ2) is 6.53. The number of hydrogen-bond acceptors (Lipinski definition) is 6. The zero-order valence-electron chi connectivity index (χ0n) is 12.1. The summed E-state index contributed by atoms with van der Waals surface area (Å²) in [5, 5.41) is 19.9. The maximum atomic E-state index is 12.1. The number of rotatable bonds is 5. The van der Waals surface area contributed by atoms with Crippen molar-refractivity contribution < 1.29 is 14.3 Å². The van der Waals surface area contributed by atoms with Gasteiger partial charge in [0.25, 0.3) is 0 Å². The van der Waals surface area contributed by atoms with E-state index in [9.17, 15) is 9.90 Å². The van der Waals surface area contributed by atoms with E-state index >= 15 is 0 Å². The summed E-state index contributed by atoms with van der Waals surface area (Å²) >= 11 is 0. The highest BCUT2D eigenvalue weighted by atomic mass is 16.4. The molecular weight excluding hydrogens is 272 g/mol. The quantitative estimate of drug-likeness (QED) is 0.845. The van der Waals surface area contributed by atoms with Gasteiger partial charge in [0.2, 0.25) is 11.8 Å². The fraction of sp³-hybridized carbons (Fsp3) is 0.786. The minimum absolute atomic E-state index is 0.0722. The highest BCUT2D eigenvalue weighted by Crippen LogP contribution is 2.39. The molecule has 2 heterocycles. The molecule has 1 aromatic rings. The normalized spacial score (nSPS) is 23.8. The highest BCUT2D eigenvalue weighted by molar-refractivity contribution is 5.90. The van der Waals surface area contributed by atoms with Crippen molar-refractivity contribution >= 4 is 11.9 Å². The van der Waals surface area contributed by atoms with Crippen LogP contribution in [0.3, 0.4) is 0 Å². The van der Waals surface area contributed by atoms with Crippen molar-refractivity contribution in [1.29, 1.82) is 0 Å². The minimum Gasteiger partial charge on any atom is -0.408 e. The van der Waals surface area contributed by atoms with E-state index in [0.717, 1.165) is 45.1 Å². The third-order valence-corrected chi connectivity index (χ3v) is 4.17. The Labute approximate surface area is 123 Å². The standard InChI is InChI=1S/C14H22N4O3/c19-9-11-4-2-1-3-7-18(11)8-12(20)15-14-17-16-13(21-14)10-5-6-10/h10-11,19H,1-9H2,(H,15,17,20). The van der Waals surface area contributed by atoms with Crippen LogP contribution in [0.4, 0.5) is 6.01 Å². The van der Waals surface area contributed by atoms with Crippen LogP contribution in [0, 0.1) is 0 Å². The van der Waals surface area contributed by atoms with Crippen molar-refractivity contribution in [2.45, 2.75) is 50.5 Å². The van der Waals surface area contributed by atoms with Crippen molar-refractivity contribution in [3.05, 3.63) is 5.89 Å². The monoisotopic (exact) mass is 294 g/mol. The van der Waals surface area contributed by atoms with Crippen molar-refractivity contribution in [3.8, 4) is 0 Å². The number of anilines is 1. The summed E-state index contributed by atoms with van der Waals surface area (Å²) in [6.07, 6.45) is 6.44. The molecule has 21 heavy (non-hydrogen) atoms. The Bertz CT molecular complexity index is 486. The van der Waals surface area contributed by atoms with Gasteiger partial charge < -0.3 is 9.52 Å². The average Bonchev–Trinajstić information content (AvgIpc) is 3.25. The first-order valence-corrected chi connectivity index (χ1v) is 7.74. The van der Waals surface area contributed by atoms with Crippen LogP contribution in [0.1, 0.15) is 50.3 Å². The fourth-order valence-corrected chi connectivity index (χ4v) is 2.78. The Morgan fingerprint density at radius 2 is 2.14 bits per heavy atom. The minimum atomic E-state index is -0.165. The molecule has 116 valence electrons. The number of carbonyl (C=O) groups excluding carboxylic acids is 1. The molecule has 1 amide bonds. The van der Waals surface area contributed by atoms with Crippen LogP contribution in [-0.2, 0) is 4.79 Å². The molecule has 1 aliphatic carbocycles. The van der Waals surface area contributed by atoms with Gasteiger partial charge in [0.15, 0.2) is 0 Å². The average molecular weight is 294 g/mol. The van der Waals surface area contributed by atoms with E-state index in [1.54, 1.807) is 0 Å². The summed E-state index contributed by atoms with van der Waals surface area (Å²) in [5.74, 6) is 0.835. The molecule has 2 aliphatic rings. The lowest BCUT2D eigenvalue weighted by Crippen LogP contribution is -2.42. The fourth-order valence-electron chi connectivity index (χ4n) is 2.78. The third-order valence-electron chi connectivity index (χ3n) is 4.17. The van der Waals surface area contributed by atoms with E-state index in [-0.39, 0.29) is 31.1 Å². The number of aliphatic hydroxyl groups is 1. The van der Waals surface area contributed by atoms with Gasteiger partial charge in [-0.25, -0.2) is 0 Å². The van der Waals surface area contributed by atoms with E-state index in [0.29, 0.717) is 11.8 Å². The molecular formula is C14H22N4O3. The molecule has 2 N–H and O–H groups in total. The third kappa shape index (κ3) is 3.79. The molecule has 0 bridgehead atoms. The van der Waals surface area contributed by atoms with Crippen molar-refractivity contribution in [2.75, 3.05) is 25.0 Å². The Hall–Kier alpha value is -1.47. The summed E-state index contributed by atoms with van der Waals surface area (Å²) in [4.78, 5) is 14.1. The summed E-state index contributed by atoms with van der Waals surface area (Å²) in [5.41, 5.74) is 0. The Balaban J connectivity index is 1.54. The zero-order chi connectivity index (χ0) is 14.7. The van der Waals surface area contributed by atoms with Crippen LogP contribution in [0.2, 0.25) is 0 Å². The molecule has 1 aliphatic heterocycles. The van der Waals surface area contributed by atoms with E-state index < -0.39 is 0 Å². The highest BCUT2D eigenvalue weighted by Gasteiger charge is 2.30. The second-order valence-corrected chi connectivity index (χ2v) is 5.92. The number of aliphatic hydroxyl groups excluding tert-OH is 1. The topological polar surface area (TPSA) is 91.5 Å². The van der Waals surface area contributed by atoms with E-state index in [1.807, 2.05) is 4.90 Å². The van der Waals surface area contributed by atoms with Crippen molar-refractivity contribution in [1.82, 2.24) is 15.1 Å². The van der Waals surface area contributed by atoms with Gasteiger partial charge in [0, 0.05) is 12.0 Å². The van der Waals surface area contributed by atoms with Crippen LogP contribution >= 0.6 is 0 Å². The maximum Gasteiger partial charge on any atom is 0.322 e. The van der Waals surface area contributed by atoms with Crippen LogP contribution in [0.5, 0.6) is 0 Å². The first-order valence-electron chi connectivity index (χ1n) is 7.74. The lowest BCUT2D eigenvalue weighted by molar-refractivity contribution is -0.118. The smallest absolute Gasteiger partial charge is 0.322 e. The first kappa shape index (κ1) is 14.5. The number of carbonyl (C=O) groups is 1. The number of hydrogen-bond donors (Lipinski definition) is 2. The number of likely N-dealkylation sites (tertiary alicyclic amines) is 1. The van der Waals surface area contributed by atoms with Gasteiger partial charge >= 0.3 is 6.01 Å². The van der Waals surface area contributed by atoms with E-state index in [1.165, 1.54) is 0 Å². The Morgan fingerprint density at radius 3 is 2.90 bits per heavy atom. The molecule has 1 saturated carbocycles. The molecule has 0 spiro atoms. The lowest BCUT2D eigenvalue weighted by Gasteiger charge is -2.27. The summed E-state index contributed by atoms with van der Waals surface area (Å²) in [6.45, 7) is 1.20. The van der Waals surface area contributed by atoms with Gasteiger partial charge in [-0.2, -0.15) is 0 Å². The van der Waals surface area contributed by atoms with Crippen LogP contribution in [-0.4, -0.2) is 51.8 Å². The molecule has 7 nitrogen and oxygen atoms in total. The summed E-state index contributed by atoms with van der Waals surface area (Å²) < 4.78 is 5.42. The lowest BCUT2D eigenvalue weighted by atomic mass is 10.1. The number of amides is 1. The summed E-state index contributed by atoms with van der Waals surface area (Å²) in [6, 6.07) is 0.250. The van der Waals surface area contributed by atoms with Crippen LogP contribution < -0.4 is 5.32 Å². The van der Waals surface area contributed by atoms with Crippen molar-refractivity contribution in [3.63, 3.8) is 0 Å². The molecule has 3 rings (SSSR count). The first-order chi connectivity index (χ1) is 10.3. The van der Waals surface area contributed by atoms with Crippen LogP contribution in [0.25, 0.3) is 0 Å². The van der Waals surface area contributed by atoms with E-state index in [4.69, 9.17) is 4.42 Å². The largest absolute Gasteiger partial charge is 0.408 e. The van der Waals surface area contributed by atoms with Gasteiger partial charge in [0.1, 0.15) is 0 Å². The Kier molecular flexibility index (Phi) is 4.50. The number of nitrogens with zero attached hydrogens (tertiary/aromatic N) is 3. The molecule has 0 radical (unpaired) electrons. The zero-order valence-corrected chi connectivity index (χ0v) is 12.1.